The molecule has 6 nitrogen and oxygen atoms in total. The standard InChI is InChI=1S/C16H11FN2O4/c17-11-5-3-10(4-6-11)14-8-12(19-23-14)9-22-16(21)13-2-1-7-18-15(13)20/h1-8H,9H2,(H,18,20). The van der Waals surface area contributed by atoms with Gasteiger partial charge in [0, 0.05) is 17.8 Å². The predicted octanol–water partition coefficient (Wildman–Crippen LogP) is 2.53. The Kier molecular flexibility index (Phi) is 4.01. The number of aromatic nitrogens is 2. The van der Waals surface area contributed by atoms with Crippen molar-refractivity contribution in [1.29, 1.82) is 0 Å². The van der Waals surface area contributed by atoms with Crippen LogP contribution in [0.2, 0.25) is 0 Å². The Balaban J connectivity index is 1.68. The molecule has 23 heavy (non-hydrogen) atoms. The third kappa shape index (κ3) is 3.34. The number of hydrogen-bond acceptors (Lipinski definition) is 5. The highest BCUT2D eigenvalue weighted by Gasteiger charge is 2.13. The zero-order valence-corrected chi connectivity index (χ0v) is 11.8. The Morgan fingerprint density at radius 3 is 2.78 bits per heavy atom. The van der Waals surface area contributed by atoms with E-state index in [1.807, 2.05) is 0 Å². The van der Waals surface area contributed by atoms with Crippen molar-refractivity contribution in [2.45, 2.75) is 6.61 Å². The van der Waals surface area contributed by atoms with E-state index in [1.165, 1.54) is 30.5 Å². The van der Waals surface area contributed by atoms with E-state index < -0.39 is 11.5 Å². The van der Waals surface area contributed by atoms with Gasteiger partial charge in [-0.1, -0.05) is 5.16 Å². The molecule has 0 saturated carbocycles. The maximum atomic E-state index is 12.9. The molecule has 116 valence electrons. The van der Waals surface area contributed by atoms with Crippen molar-refractivity contribution in [2.75, 3.05) is 0 Å². The van der Waals surface area contributed by atoms with E-state index in [0.29, 0.717) is 17.0 Å². The van der Waals surface area contributed by atoms with Crippen LogP contribution in [0.5, 0.6) is 0 Å². The van der Waals surface area contributed by atoms with Gasteiger partial charge in [0.05, 0.1) is 0 Å². The summed E-state index contributed by atoms with van der Waals surface area (Å²) in [5.74, 6) is -0.678. The molecule has 0 atom stereocenters. The highest BCUT2D eigenvalue weighted by Crippen LogP contribution is 2.20. The van der Waals surface area contributed by atoms with Gasteiger partial charge in [-0.05, 0) is 36.4 Å². The Morgan fingerprint density at radius 1 is 1.26 bits per heavy atom. The van der Waals surface area contributed by atoms with Crippen molar-refractivity contribution in [3.05, 3.63) is 76.1 Å². The summed E-state index contributed by atoms with van der Waals surface area (Å²) >= 11 is 0. The van der Waals surface area contributed by atoms with Crippen molar-refractivity contribution >= 4 is 5.97 Å². The fourth-order valence-corrected chi connectivity index (χ4v) is 1.93. The molecule has 0 aliphatic carbocycles. The van der Waals surface area contributed by atoms with Gasteiger partial charge in [0.2, 0.25) is 0 Å². The van der Waals surface area contributed by atoms with Gasteiger partial charge in [-0.25, -0.2) is 9.18 Å². The lowest BCUT2D eigenvalue weighted by Crippen LogP contribution is -2.18. The average molecular weight is 314 g/mol. The molecule has 7 heteroatoms. The zero-order chi connectivity index (χ0) is 16.2. The van der Waals surface area contributed by atoms with Crippen LogP contribution in [0.3, 0.4) is 0 Å². The molecule has 2 heterocycles. The Labute approximate surface area is 129 Å². The van der Waals surface area contributed by atoms with Gasteiger partial charge in [0.1, 0.15) is 23.7 Å². The second-order valence-electron chi connectivity index (χ2n) is 4.68. The largest absolute Gasteiger partial charge is 0.455 e. The van der Waals surface area contributed by atoms with E-state index in [1.54, 1.807) is 18.2 Å². The summed E-state index contributed by atoms with van der Waals surface area (Å²) in [5, 5.41) is 3.77. The first-order valence-electron chi connectivity index (χ1n) is 6.70. The third-order valence-corrected chi connectivity index (χ3v) is 3.08. The summed E-state index contributed by atoms with van der Waals surface area (Å²) < 4.78 is 23.0. The van der Waals surface area contributed by atoms with Crippen LogP contribution < -0.4 is 5.56 Å². The highest BCUT2D eigenvalue weighted by molar-refractivity contribution is 5.88. The van der Waals surface area contributed by atoms with E-state index in [2.05, 4.69) is 10.1 Å². The number of carbonyl (C=O) groups is 1. The monoisotopic (exact) mass is 314 g/mol. The van der Waals surface area contributed by atoms with Crippen molar-refractivity contribution in [3.8, 4) is 11.3 Å². The van der Waals surface area contributed by atoms with Gasteiger partial charge in [-0.3, -0.25) is 4.79 Å². The summed E-state index contributed by atoms with van der Waals surface area (Å²) in [4.78, 5) is 25.7. The predicted molar refractivity (Wildman–Crippen MR) is 78.1 cm³/mol. The molecule has 2 aromatic heterocycles. The molecule has 3 rings (SSSR count). The summed E-state index contributed by atoms with van der Waals surface area (Å²) in [5.41, 5.74) is 0.417. The van der Waals surface area contributed by atoms with E-state index >= 15 is 0 Å². The quantitative estimate of drug-likeness (QED) is 0.748. The van der Waals surface area contributed by atoms with Crippen LogP contribution in [0.25, 0.3) is 11.3 Å². The van der Waals surface area contributed by atoms with Crippen LogP contribution in [0.15, 0.2) is 58.0 Å². The molecular weight excluding hydrogens is 303 g/mol. The summed E-state index contributed by atoms with van der Waals surface area (Å²) in [6, 6.07) is 10.2. The highest BCUT2D eigenvalue weighted by atomic mass is 19.1. The number of aromatic amines is 1. The maximum absolute atomic E-state index is 12.9. The normalized spacial score (nSPS) is 10.5. The van der Waals surface area contributed by atoms with Gasteiger partial charge in [-0.2, -0.15) is 0 Å². The smallest absolute Gasteiger partial charge is 0.344 e. The minimum absolute atomic E-state index is 0.0882. The number of pyridine rings is 1. The van der Waals surface area contributed by atoms with Gasteiger partial charge >= 0.3 is 5.97 Å². The summed E-state index contributed by atoms with van der Waals surface area (Å²) in [6.07, 6.45) is 1.42. The van der Waals surface area contributed by atoms with Crippen LogP contribution in [0.4, 0.5) is 4.39 Å². The number of halogens is 1. The van der Waals surface area contributed by atoms with E-state index in [0.717, 1.165) is 0 Å². The fourth-order valence-electron chi connectivity index (χ4n) is 1.93. The first-order chi connectivity index (χ1) is 11.1. The fraction of sp³-hybridized carbons (Fsp3) is 0.0625. The summed E-state index contributed by atoms with van der Waals surface area (Å²) in [7, 11) is 0. The molecule has 0 radical (unpaired) electrons. The molecule has 0 spiro atoms. The maximum Gasteiger partial charge on any atom is 0.344 e. The molecule has 1 aromatic carbocycles. The molecule has 0 unspecified atom stereocenters. The van der Waals surface area contributed by atoms with Gasteiger partial charge < -0.3 is 14.2 Å². The number of H-pyrrole nitrogens is 1. The number of nitrogens with one attached hydrogen (secondary N) is 1. The number of esters is 1. The number of nitrogens with zero attached hydrogens (tertiary/aromatic N) is 1. The van der Waals surface area contributed by atoms with Gasteiger partial charge in [-0.15, -0.1) is 0 Å². The topological polar surface area (TPSA) is 85.2 Å². The number of carbonyl (C=O) groups excluding carboxylic acids is 1. The van der Waals surface area contributed by atoms with Crippen LogP contribution in [0, 0.1) is 5.82 Å². The average Bonchev–Trinajstić information content (AvgIpc) is 3.03. The van der Waals surface area contributed by atoms with Crippen LogP contribution in [0.1, 0.15) is 16.1 Å². The first kappa shape index (κ1) is 14.7. The van der Waals surface area contributed by atoms with Crippen LogP contribution in [-0.4, -0.2) is 16.1 Å². The molecule has 0 aliphatic rings. The molecule has 0 saturated heterocycles. The molecule has 0 bridgehead atoms. The van der Waals surface area contributed by atoms with Gasteiger partial charge in [0.15, 0.2) is 5.76 Å². The minimum Gasteiger partial charge on any atom is -0.455 e. The van der Waals surface area contributed by atoms with E-state index in [4.69, 9.17) is 9.26 Å². The van der Waals surface area contributed by atoms with Gasteiger partial charge in [0.25, 0.3) is 5.56 Å². The minimum atomic E-state index is -0.752. The van der Waals surface area contributed by atoms with Crippen molar-refractivity contribution in [3.63, 3.8) is 0 Å². The SMILES string of the molecule is O=C(OCc1cc(-c2ccc(F)cc2)on1)c1ccc[nH]c1=O. The Morgan fingerprint density at radius 2 is 2.04 bits per heavy atom. The second kappa shape index (κ2) is 6.27. The third-order valence-electron chi connectivity index (χ3n) is 3.08. The van der Waals surface area contributed by atoms with Crippen LogP contribution in [-0.2, 0) is 11.3 Å². The molecule has 0 aliphatic heterocycles. The number of hydrogen-bond donors (Lipinski definition) is 1. The summed E-state index contributed by atoms with van der Waals surface area (Å²) in [6.45, 7) is -0.141. The lowest BCUT2D eigenvalue weighted by Gasteiger charge is -2.00. The molecule has 1 N–H and O–H groups in total. The molecular formula is C16H11FN2O4. The molecule has 3 aromatic rings. The van der Waals surface area contributed by atoms with E-state index in [-0.39, 0.29) is 18.0 Å². The zero-order valence-electron chi connectivity index (χ0n) is 11.8. The van der Waals surface area contributed by atoms with Crippen molar-refractivity contribution in [1.82, 2.24) is 10.1 Å². The number of ether oxygens (including phenoxy) is 1. The number of rotatable bonds is 4. The molecule has 0 fully saturated rings. The van der Waals surface area contributed by atoms with Crippen LogP contribution >= 0.6 is 0 Å². The lowest BCUT2D eigenvalue weighted by atomic mass is 10.1. The van der Waals surface area contributed by atoms with E-state index in [9.17, 15) is 14.0 Å². The Hall–Kier alpha value is -3.22. The lowest BCUT2D eigenvalue weighted by molar-refractivity contribution is 0.0462. The second-order valence-corrected chi connectivity index (χ2v) is 4.68. The molecule has 0 amide bonds. The number of benzene rings is 1. The van der Waals surface area contributed by atoms with Crippen molar-refractivity contribution < 1.29 is 18.4 Å². The van der Waals surface area contributed by atoms with Crippen molar-refractivity contribution in [2.24, 2.45) is 0 Å². The first-order valence-corrected chi connectivity index (χ1v) is 6.70. The Bertz CT molecular complexity index is 883.